The number of rotatable bonds is 5. The maximum Gasteiger partial charge on any atom is 0.417 e. The van der Waals surface area contributed by atoms with Crippen LogP contribution in [-0.4, -0.2) is 29.5 Å². The third-order valence-electron chi connectivity index (χ3n) is 4.21. The van der Waals surface area contributed by atoms with Gasteiger partial charge in [0.25, 0.3) is 5.91 Å². The van der Waals surface area contributed by atoms with Crippen molar-refractivity contribution in [3.63, 3.8) is 0 Å². The maximum atomic E-state index is 13.1. The average Bonchev–Trinajstić information content (AvgIpc) is 3.05. The first-order valence-corrected chi connectivity index (χ1v) is 8.40. The van der Waals surface area contributed by atoms with Crippen molar-refractivity contribution in [3.05, 3.63) is 53.5 Å². The molecule has 2 aromatic heterocycles. The number of methoxy groups -OCH3 is 2. The largest absolute Gasteiger partial charge is 0.493 e. The van der Waals surface area contributed by atoms with E-state index in [-0.39, 0.29) is 11.3 Å². The SMILES string of the molecule is CCc1nc2ccc(C(F)(F)F)cn2c1C(=O)Nc1ccc(OC)c(OC)c1. The second kappa shape index (κ2) is 7.41. The van der Waals surface area contributed by atoms with Crippen LogP contribution in [-0.2, 0) is 12.6 Å². The fourth-order valence-electron chi connectivity index (χ4n) is 2.85. The fraction of sp³-hybridized carbons (Fsp3) is 0.263. The molecule has 0 radical (unpaired) electrons. The summed E-state index contributed by atoms with van der Waals surface area (Å²) in [4.78, 5) is 17.1. The standard InChI is InChI=1S/C19H18F3N3O3/c1-4-13-17(25-10-11(19(20,21)22)5-8-16(25)24-13)18(26)23-12-6-7-14(27-2)15(9-12)28-3/h5-10H,4H2,1-3H3,(H,23,26). The van der Waals surface area contributed by atoms with Crippen LogP contribution in [0.15, 0.2) is 36.5 Å². The number of halogens is 3. The minimum atomic E-state index is -4.53. The van der Waals surface area contributed by atoms with E-state index >= 15 is 0 Å². The molecule has 0 saturated heterocycles. The van der Waals surface area contributed by atoms with E-state index < -0.39 is 17.6 Å². The predicted octanol–water partition coefficient (Wildman–Crippen LogP) is 4.19. The smallest absolute Gasteiger partial charge is 0.417 e. The van der Waals surface area contributed by atoms with Crippen LogP contribution in [0.1, 0.15) is 28.7 Å². The number of amides is 1. The number of pyridine rings is 1. The number of benzene rings is 1. The van der Waals surface area contributed by atoms with Crippen LogP contribution in [0.25, 0.3) is 5.65 Å². The van der Waals surface area contributed by atoms with Crippen LogP contribution in [0.3, 0.4) is 0 Å². The first-order valence-electron chi connectivity index (χ1n) is 8.40. The first-order chi connectivity index (χ1) is 13.3. The van der Waals surface area contributed by atoms with Crippen LogP contribution in [0, 0.1) is 0 Å². The number of ether oxygens (including phenoxy) is 2. The van der Waals surface area contributed by atoms with Gasteiger partial charge in [-0.25, -0.2) is 4.98 Å². The van der Waals surface area contributed by atoms with Gasteiger partial charge in [-0.05, 0) is 30.7 Å². The van der Waals surface area contributed by atoms with Crippen molar-refractivity contribution < 1.29 is 27.4 Å². The van der Waals surface area contributed by atoms with Crippen LogP contribution in [0.4, 0.5) is 18.9 Å². The molecular formula is C19H18F3N3O3. The summed E-state index contributed by atoms with van der Waals surface area (Å²) in [6.45, 7) is 1.78. The zero-order valence-corrected chi connectivity index (χ0v) is 15.4. The summed E-state index contributed by atoms with van der Waals surface area (Å²) in [6, 6.07) is 6.97. The average molecular weight is 393 g/mol. The number of nitrogens with one attached hydrogen (secondary N) is 1. The van der Waals surface area contributed by atoms with Crippen LogP contribution < -0.4 is 14.8 Å². The quantitative estimate of drug-likeness (QED) is 0.706. The van der Waals surface area contributed by atoms with Gasteiger partial charge in [0.05, 0.1) is 25.5 Å². The van der Waals surface area contributed by atoms with Gasteiger partial charge >= 0.3 is 6.18 Å². The molecule has 0 aliphatic heterocycles. The lowest BCUT2D eigenvalue weighted by Gasteiger charge is -2.12. The number of carbonyl (C=O) groups excluding carboxylic acids is 1. The molecule has 148 valence electrons. The zero-order chi connectivity index (χ0) is 20.5. The molecule has 9 heteroatoms. The molecule has 2 heterocycles. The topological polar surface area (TPSA) is 64.9 Å². The molecule has 0 bridgehead atoms. The second-order valence-electron chi connectivity index (χ2n) is 5.93. The number of carbonyl (C=O) groups is 1. The molecule has 3 rings (SSSR count). The summed E-state index contributed by atoms with van der Waals surface area (Å²) >= 11 is 0. The maximum absolute atomic E-state index is 13.1. The molecule has 0 unspecified atom stereocenters. The van der Waals surface area contributed by atoms with Crippen LogP contribution in [0.2, 0.25) is 0 Å². The number of alkyl halides is 3. The molecule has 0 atom stereocenters. The highest BCUT2D eigenvalue weighted by molar-refractivity contribution is 6.04. The molecule has 6 nitrogen and oxygen atoms in total. The van der Waals surface area contributed by atoms with E-state index in [9.17, 15) is 18.0 Å². The number of aryl methyl sites for hydroxylation is 1. The predicted molar refractivity (Wildman–Crippen MR) is 97.1 cm³/mol. The Bertz CT molecular complexity index is 1030. The molecule has 0 fully saturated rings. The van der Waals surface area contributed by atoms with E-state index in [0.717, 1.165) is 16.7 Å². The molecule has 1 amide bonds. The molecular weight excluding hydrogens is 375 g/mol. The van der Waals surface area contributed by atoms with Gasteiger partial charge in [0, 0.05) is 18.0 Å². The molecule has 0 saturated carbocycles. The minimum Gasteiger partial charge on any atom is -0.493 e. The Morgan fingerprint density at radius 3 is 2.46 bits per heavy atom. The lowest BCUT2D eigenvalue weighted by atomic mass is 10.2. The van der Waals surface area contributed by atoms with Crippen molar-refractivity contribution in [1.29, 1.82) is 0 Å². The van der Waals surface area contributed by atoms with Crippen molar-refractivity contribution in [2.45, 2.75) is 19.5 Å². The Hall–Kier alpha value is -3.23. The Morgan fingerprint density at radius 2 is 1.86 bits per heavy atom. The van der Waals surface area contributed by atoms with Gasteiger partial charge in [-0.1, -0.05) is 6.92 Å². The van der Waals surface area contributed by atoms with Crippen LogP contribution >= 0.6 is 0 Å². The van der Waals surface area contributed by atoms with E-state index in [0.29, 0.717) is 29.3 Å². The summed E-state index contributed by atoms with van der Waals surface area (Å²) < 4.78 is 50.7. The Kier molecular flexibility index (Phi) is 5.17. The Morgan fingerprint density at radius 1 is 1.14 bits per heavy atom. The number of aromatic nitrogens is 2. The summed E-state index contributed by atoms with van der Waals surface area (Å²) in [5.74, 6) is 0.323. The first kappa shape index (κ1) is 19.5. The fourth-order valence-corrected chi connectivity index (χ4v) is 2.85. The van der Waals surface area contributed by atoms with Crippen molar-refractivity contribution in [2.75, 3.05) is 19.5 Å². The number of hydrogen-bond donors (Lipinski definition) is 1. The van der Waals surface area contributed by atoms with Crippen molar-refractivity contribution in [3.8, 4) is 11.5 Å². The molecule has 0 spiro atoms. The van der Waals surface area contributed by atoms with E-state index in [1.54, 1.807) is 25.1 Å². The van der Waals surface area contributed by atoms with E-state index in [2.05, 4.69) is 10.3 Å². The lowest BCUT2D eigenvalue weighted by Crippen LogP contribution is -2.17. The van der Waals surface area contributed by atoms with Crippen molar-refractivity contribution >= 4 is 17.2 Å². The van der Waals surface area contributed by atoms with Crippen molar-refractivity contribution in [2.24, 2.45) is 0 Å². The van der Waals surface area contributed by atoms with Gasteiger partial charge in [-0.2, -0.15) is 13.2 Å². The molecule has 28 heavy (non-hydrogen) atoms. The zero-order valence-electron chi connectivity index (χ0n) is 15.4. The molecule has 1 aromatic carbocycles. The number of hydrogen-bond acceptors (Lipinski definition) is 4. The number of imidazole rings is 1. The molecule has 1 N–H and O–H groups in total. The van der Waals surface area contributed by atoms with E-state index in [1.165, 1.54) is 20.3 Å². The summed E-state index contributed by atoms with van der Waals surface area (Å²) in [5.41, 5.74) is 0.268. The number of anilines is 1. The molecule has 0 aliphatic rings. The second-order valence-corrected chi connectivity index (χ2v) is 5.93. The van der Waals surface area contributed by atoms with Gasteiger partial charge in [0.2, 0.25) is 0 Å². The van der Waals surface area contributed by atoms with Gasteiger partial charge in [0.1, 0.15) is 11.3 Å². The van der Waals surface area contributed by atoms with Gasteiger partial charge in [0.15, 0.2) is 11.5 Å². The Balaban J connectivity index is 2.03. The monoisotopic (exact) mass is 393 g/mol. The highest BCUT2D eigenvalue weighted by Gasteiger charge is 2.32. The van der Waals surface area contributed by atoms with Gasteiger partial charge in [-0.15, -0.1) is 0 Å². The lowest BCUT2D eigenvalue weighted by molar-refractivity contribution is -0.137. The summed E-state index contributed by atoms with van der Waals surface area (Å²) in [7, 11) is 2.95. The highest BCUT2D eigenvalue weighted by Crippen LogP contribution is 2.31. The van der Waals surface area contributed by atoms with E-state index in [4.69, 9.17) is 9.47 Å². The molecule has 0 aliphatic carbocycles. The summed E-state index contributed by atoms with van der Waals surface area (Å²) in [5, 5.41) is 2.68. The number of fused-ring (bicyclic) bond motifs is 1. The molecule has 3 aromatic rings. The van der Waals surface area contributed by atoms with E-state index in [1.807, 2.05) is 0 Å². The third kappa shape index (κ3) is 3.60. The number of nitrogens with zero attached hydrogens (tertiary/aromatic N) is 2. The van der Waals surface area contributed by atoms with Gasteiger partial charge < -0.3 is 14.8 Å². The van der Waals surface area contributed by atoms with Gasteiger partial charge in [-0.3, -0.25) is 9.20 Å². The third-order valence-corrected chi connectivity index (χ3v) is 4.21. The summed E-state index contributed by atoms with van der Waals surface area (Å²) in [6.07, 6.45) is -3.26. The minimum absolute atomic E-state index is 0.0541. The highest BCUT2D eigenvalue weighted by atomic mass is 19.4. The van der Waals surface area contributed by atoms with Crippen molar-refractivity contribution in [1.82, 2.24) is 9.38 Å². The van der Waals surface area contributed by atoms with Crippen LogP contribution in [0.5, 0.6) is 11.5 Å². The Labute approximate surface area is 158 Å². The normalized spacial score (nSPS) is 11.5.